The number of fused-ring (bicyclic) bond motifs is 1. The molecule has 2 aromatic rings. The van der Waals surface area contributed by atoms with Crippen molar-refractivity contribution in [2.24, 2.45) is 0 Å². The molecule has 15 heavy (non-hydrogen) atoms. The van der Waals surface area contributed by atoms with E-state index in [1.54, 1.807) is 12.1 Å². The van der Waals surface area contributed by atoms with Crippen molar-refractivity contribution in [3.8, 4) is 0 Å². The summed E-state index contributed by atoms with van der Waals surface area (Å²) in [6.45, 7) is 0.557. The van der Waals surface area contributed by atoms with Crippen molar-refractivity contribution in [1.29, 1.82) is 0 Å². The number of hydrogen-bond acceptors (Lipinski definition) is 3. The molecule has 2 rings (SSSR count). The average Bonchev–Trinajstić information content (AvgIpc) is 2.63. The van der Waals surface area contributed by atoms with E-state index in [2.05, 4.69) is 4.74 Å². The monoisotopic (exact) mass is 208 g/mol. The van der Waals surface area contributed by atoms with Crippen molar-refractivity contribution in [2.75, 3.05) is 6.61 Å². The summed E-state index contributed by atoms with van der Waals surface area (Å²) >= 11 is 0. The zero-order valence-corrected chi connectivity index (χ0v) is 7.90. The lowest BCUT2D eigenvalue weighted by atomic mass is 10.1. The van der Waals surface area contributed by atoms with Gasteiger partial charge in [0, 0.05) is 11.8 Å². The molecule has 0 radical (unpaired) electrons. The standard InChI is InChI=1S/C11H9FO3/c12-9-3-1-2-8-6-15-10(11(8)9)4-5-14-7-13/h1-3,6-7H,4-5H2. The topological polar surface area (TPSA) is 39.4 Å². The van der Waals surface area contributed by atoms with E-state index in [9.17, 15) is 9.18 Å². The molecule has 0 amide bonds. The minimum atomic E-state index is -0.317. The second-order valence-electron chi connectivity index (χ2n) is 3.08. The average molecular weight is 208 g/mol. The van der Waals surface area contributed by atoms with E-state index in [4.69, 9.17) is 4.42 Å². The van der Waals surface area contributed by atoms with Gasteiger partial charge in [0.2, 0.25) is 0 Å². The van der Waals surface area contributed by atoms with Gasteiger partial charge in [0.15, 0.2) is 0 Å². The Morgan fingerprint density at radius 2 is 2.33 bits per heavy atom. The summed E-state index contributed by atoms with van der Waals surface area (Å²) in [5.74, 6) is 0.187. The molecule has 0 spiro atoms. The fraction of sp³-hybridized carbons (Fsp3) is 0.182. The molecule has 1 heterocycles. The minimum absolute atomic E-state index is 0.195. The molecule has 0 aliphatic rings. The molecular weight excluding hydrogens is 199 g/mol. The molecule has 0 bridgehead atoms. The van der Waals surface area contributed by atoms with Crippen LogP contribution in [0.1, 0.15) is 5.76 Å². The number of carbonyl (C=O) groups is 1. The molecule has 78 valence electrons. The molecule has 3 nitrogen and oxygen atoms in total. The van der Waals surface area contributed by atoms with Gasteiger partial charge in [-0.3, -0.25) is 4.79 Å². The van der Waals surface area contributed by atoms with E-state index in [1.165, 1.54) is 12.3 Å². The zero-order chi connectivity index (χ0) is 10.7. The normalized spacial score (nSPS) is 10.5. The fourth-order valence-electron chi connectivity index (χ4n) is 1.51. The Kier molecular flexibility index (Phi) is 2.67. The van der Waals surface area contributed by atoms with Crippen molar-refractivity contribution in [2.45, 2.75) is 6.42 Å². The van der Waals surface area contributed by atoms with Gasteiger partial charge >= 0.3 is 0 Å². The lowest BCUT2D eigenvalue weighted by Crippen LogP contribution is -1.96. The number of hydrogen-bond donors (Lipinski definition) is 0. The van der Waals surface area contributed by atoms with Crippen LogP contribution in [0, 0.1) is 5.82 Å². The number of benzene rings is 1. The first-order chi connectivity index (χ1) is 7.33. The number of halogens is 1. The summed E-state index contributed by atoms with van der Waals surface area (Å²) in [7, 11) is 0. The Bertz CT molecular complexity index is 476. The Balaban J connectivity index is 2.31. The SMILES string of the molecule is O=COCCc1occ2cccc(F)c12. The molecule has 0 fully saturated rings. The van der Waals surface area contributed by atoms with E-state index in [-0.39, 0.29) is 12.4 Å². The van der Waals surface area contributed by atoms with Crippen molar-refractivity contribution < 1.29 is 18.3 Å². The second kappa shape index (κ2) is 4.13. The van der Waals surface area contributed by atoms with Crippen LogP contribution < -0.4 is 0 Å². The van der Waals surface area contributed by atoms with Crippen LogP contribution in [0.3, 0.4) is 0 Å². The molecule has 0 saturated carbocycles. The van der Waals surface area contributed by atoms with Crippen LogP contribution >= 0.6 is 0 Å². The van der Waals surface area contributed by atoms with Crippen molar-refractivity contribution in [3.05, 3.63) is 36.0 Å². The third-order valence-electron chi connectivity index (χ3n) is 2.17. The molecular formula is C11H9FO3. The van der Waals surface area contributed by atoms with Gasteiger partial charge in [-0.2, -0.15) is 0 Å². The van der Waals surface area contributed by atoms with Gasteiger partial charge in [-0.05, 0) is 6.07 Å². The third kappa shape index (κ3) is 1.83. The quantitative estimate of drug-likeness (QED) is 0.571. The molecule has 0 unspecified atom stereocenters. The first kappa shape index (κ1) is 9.71. The predicted octanol–water partition coefficient (Wildman–Crippen LogP) is 2.29. The summed E-state index contributed by atoms with van der Waals surface area (Å²) in [5, 5.41) is 1.18. The maximum atomic E-state index is 13.4. The molecule has 1 aromatic carbocycles. The minimum Gasteiger partial charge on any atom is -0.468 e. The highest BCUT2D eigenvalue weighted by molar-refractivity contribution is 5.84. The van der Waals surface area contributed by atoms with Gasteiger partial charge in [0.25, 0.3) is 6.47 Å². The molecule has 0 aliphatic heterocycles. The van der Waals surface area contributed by atoms with Gasteiger partial charge in [-0.1, -0.05) is 12.1 Å². The Morgan fingerprint density at radius 1 is 1.47 bits per heavy atom. The third-order valence-corrected chi connectivity index (χ3v) is 2.17. The highest BCUT2D eigenvalue weighted by Crippen LogP contribution is 2.24. The van der Waals surface area contributed by atoms with Crippen LogP contribution in [-0.2, 0) is 16.0 Å². The molecule has 0 saturated heterocycles. The predicted molar refractivity (Wildman–Crippen MR) is 51.9 cm³/mol. The summed E-state index contributed by atoms with van der Waals surface area (Å²) in [4.78, 5) is 9.94. The van der Waals surface area contributed by atoms with Crippen molar-refractivity contribution >= 4 is 17.2 Å². The smallest absolute Gasteiger partial charge is 0.293 e. The highest BCUT2D eigenvalue weighted by Gasteiger charge is 2.10. The number of rotatable bonds is 4. The number of carbonyl (C=O) groups excluding carboxylic acids is 1. The fourth-order valence-corrected chi connectivity index (χ4v) is 1.51. The van der Waals surface area contributed by atoms with Gasteiger partial charge in [0.1, 0.15) is 11.6 Å². The molecule has 0 aliphatic carbocycles. The maximum absolute atomic E-state index is 13.4. The number of furan rings is 1. The maximum Gasteiger partial charge on any atom is 0.293 e. The van der Waals surface area contributed by atoms with Crippen LogP contribution in [0.25, 0.3) is 10.8 Å². The lowest BCUT2D eigenvalue weighted by molar-refractivity contribution is -0.128. The largest absolute Gasteiger partial charge is 0.468 e. The van der Waals surface area contributed by atoms with Gasteiger partial charge in [0.05, 0.1) is 18.3 Å². The zero-order valence-electron chi connectivity index (χ0n) is 7.90. The van der Waals surface area contributed by atoms with Crippen molar-refractivity contribution in [1.82, 2.24) is 0 Å². The lowest BCUT2D eigenvalue weighted by Gasteiger charge is -1.97. The second-order valence-corrected chi connectivity index (χ2v) is 3.08. The van der Waals surface area contributed by atoms with Gasteiger partial charge in [-0.25, -0.2) is 4.39 Å². The van der Waals surface area contributed by atoms with Crippen LogP contribution in [0.4, 0.5) is 4.39 Å². The van der Waals surface area contributed by atoms with Crippen LogP contribution in [-0.4, -0.2) is 13.1 Å². The van der Waals surface area contributed by atoms with E-state index < -0.39 is 0 Å². The van der Waals surface area contributed by atoms with E-state index in [0.29, 0.717) is 24.0 Å². The number of ether oxygens (including phenoxy) is 1. The van der Waals surface area contributed by atoms with Gasteiger partial charge < -0.3 is 9.15 Å². The van der Waals surface area contributed by atoms with Crippen LogP contribution in [0.15, 0.2) is 28.9 Å². The molecule has 0 N–H and O–H groups in total. The van der Waals surface area contributed by atoms with E-state index in [0.717, 1.165) is 5.39 Å². The Labute approximate surface area is 85.4 Å². The molecule has 1 aromatic heterocycles. The summed E-state index contributed by atoms with van der Waals surface area (Å²) < 4.78 is 23.2. The summed E-state index contributed by atoms with van der Waals surface area (Å²) in [5.41, 5.74) is 0. The molecule has 0 atom stereocenters. The van der Waals surface area contributed by atoms with E-state index in [1.807, 2.05) is 0 Å². The Hall–Kier alpha value is -1.84. The van der Waals surface area contributed by atoms with Gasteiger partial charge in [-0.15, -0.1) is 0 Å². The first-order valence-electron chi connectivity index (χ1n) is 4.53. The van der Waals surface area contributed by atoms with Crippen molar-refractivity contribution in [3.63, 3.8) is 0 Å². The Morgan fingerprint density at radius 3 is 3.13 bits per heavy atom. The van der Waals surface area contributed by atoms with Crippen LogP contribution in [0.5, 0.6) is 0 Å². The summed E-state index contributed by atoms with van der Waals surface area (Å²) in [6.07, 6.45) is 1.87. The first-order valence-corrected chi connectivity index (χ1v) is 4.53. The summed E-state index contributed by atoms with van der Waals surface area (Å²) in [6, 6.07) is 4.77. The molecule has 4 heteroatoms. The highest BCUT2D eigenvalue weighted by atomic mass is 19.1. The van der Waals surface area contributed by atoms with Crippen LogP contribution in [0.2, 0.25) is 0 Å². The van der Waals surface area contributed by atoms with E-state index >= 15 is 0 Å².